The molecule has 3 rings (SSSR count). The average molecular weight is 256 g/mol. The fraction of sp³-hybridized carbons (Fsp3) is 0.357. The molecule has 1 amide bonds. The average Bonchev–Trinajstić information content (AvgIpc) is 2.74. The van der Waals surface area contributed by atoms with Crippen molar-refractivity contribution in [2.24, 2.45) is 5.92 Å². The molecule has 0 spiro atoms. The molecule has 0 bridgehead atoms. The molecule has 1 N–H and O–H groups in total. The van der Waals surface area contributed by atoms with E-state index < -0.39 is 0 Å². The molecule has 5 nitrogen and oxygen atoms in total. The van der Waals surface area contributed by atoms with Gasteiger partial charge >= 0.3 is 0 Å². The number of anilines is 1. The zero-order valence-electron chi connectivity index (χ0n) is 10.8. The second kappa shape index (κ2) is 4.84. The first-order valence-corrected chi connectivity index (χ1v) is 6.51. The molecule has 2 aromatic rings. The summed E-state index contributed by atoms with van der Waals surface area (Å²) in [7, 11) is 0. The van der Waals surface area contributed by atoms with Gasteiger partial charge in [0.1, 0.15) is 11.6 Å². The van der Waals surface area contributed by atoms with Crippen molar-refractivity contribution in [1.82, 2.24) is 14.5 Å². The van der Waals surface area contributed by atoms with Crippen LogP contribution in [0.4, 0.5) is 5.69 Å². The Bertz CT molecular complexity index is 584. The number of rotatable bonds is 3. The lowest BCUT2D eigenvalue weighted by Crippen LogP contribution is -2.28. The molecule has 1 saturated carbocycles. The number of hydrogen-bond donors (Lipinski definition) is 1. The first-order chi connectivity index (χ1) is 9.24. The topological polar surface area (TPSA) is 59.8 Å². The molecule has 0 aromatic carbocycles. The van der Waals surface area contributed by atoms with E-state index in [2.05, 4.69) is 15.3 Å². The standard InChI is InChI=1S/C14H16N4O/c1-10-15-7-8-18(10)13-6-5-12(9-16-13)17-14(19)11-3-2-4-11/h5-9,11H,2-4H2,1H3,(H,17,19). The summed E-state index contributed by atoms with van der Waals surface area (Å²) >= 11 is 0. The van der Waals surface area contributed by atoms with Gasteiger partial charge < -0.3 is 5.32 Å². The van der Waals surface area contributed by atoms with Gasteiger partial charge in [-0.25, -0.2) is 9.97 Å². The minimum absolute atomic E-state index is 0.111. The van der Waals surface area contributed by atoms with E-state index in [0.29, 0.717) is 0 Å². The van der Waals surface area contributed by atoms with Crippen LogP contribution in [0.5, 0.6) is 0 Å². The molecule has 19 heavy (non-hydrogen) atoms. The number of imidazole rings is 1. The fourth-order valence-corrected chi connectivity index (χ4v) is 2.14. The monoisotopic (exact) mass is 256 g/mol. The summed E-state index contributed by atoms with van der Waals surface area (Å²) in [6.45, 7) is 1.92. The normalized spacial score (nSPS) is 15.0. The molecule has 2 heterocycles. The van der Waals surface area contributed by atoms with Crippen LogP contribution in [0.3, 0.4) is 0 Å². The van der Waals surface area contributed by atoms with Gasteiger partial charge in [0, 0.05) is 18.3 Å². The van der Waals surface area contributed by atoms with Gasteiger partial charge in [0.25, 0.3) is 0 Å². The Kier molecular flexibility index (Phi) is 3.03. The van der Waals surface area contributed by atoms with E-state index in [-0.39, 0.29) is 11.8 Å². The van der Waals surface area contributed by atoms with E-state index in [1.165, 1.54) is 0 Å². The van der Waals surface area contributed by atoms with Gasteiger partial charge in [0.05, 0.1) is 11.9 Å². The largest absolute Gasteiger partial charge is 0.324 e. The highest BCUT2D eigenvalue weighted by atomic mass is 16.1. The number of aromatic nitrogens is 3. The van der Waals surface area contributed by atoms with Gasteiger partial charge in [-0.1, -0.05) is 6.42 Å². The van der Waals surface area contributed by atoms with Crippen LogP contribution in [0.1, 0.15) is 25.1 Å². The summed E-state index contributed by atoms with van der Waals surface area (Å²) in [6.07, 6.45) is 8.46. The Labute approximate surface area is 111 Å². The smallest absolute Gasteiger partial charge is 0.227 e. The molecule has 0 saturated heterocycles. The molecule has 0 unspecified atom stereocenters. The molecule has 1 aliphatic carbocycles. The summed E-state index contributed by atoms with van der Waals surface area (Å²) in [4.78, 5) is 20.3. The molecule has 98 valence electrons. The molecule has 5 heteroatoms. The summed E-state index contributed by atoms with van der Waals surface area (Å²) < 4.78 is 1.90. The second-order valence-corrected chi connectivity index (χ2v) is 4.87. The van der Waals surface area contributed by atoms with E-state index in [9.17, 15) is 4.79 Å². The fourth-order valence-electron chi connectivity index (χ4n) is 2.14. The highest BCUT2D eigenvalue weighted by Gasteiger charge is 2.25. The van der Waals surface area contributed by atoms with Crippen LogP contribution < -0.4 is 5.32 Å². The summed E-state index contributed by atoms with van der Waals surface area (Å²) in [6, 6.07) is 3.75. The number of amides is 1. The summed E-state index contributed by atoms with van der Waals surface area (Å²) in [5.74, 6) is 1.99. The van der Waals surface area contributed by atoms with Crippen LogP contribution in [0, 0.1) is 12.8 Å². The molecule has 2 aromatic heterocycles. The van der Waals surface area contributed by atoms with Crippen LogP contribution in [0.25, 0.3) is 5.82 Å². The van der Waals surface area contributed by atoms with E-state index in [1.807, 2.05) is 29.8 Å². The maximum Gasteiger partial charge on any atom is 0.227 e. The number of pyridine rings is 1. The zero-order valence-corrected chi connectivity index (χ0v) is 10.8. The van der Waals surface area contributed by atoms with Crippen LogP contribution in [-0.2, 0) is 4.79 Å². The van der Waals surface area contributed by atoms with Crippen molar-refractivity contribution in [1.29, 1.82) is 0 Å². The Morgan fingerprint density at radius 2 is 2.21 bits per heavy atom. The zero-order chi connectivity index (χ0) is 13.2. The van der Waals surface area contributed by atoms with Gasteiger partial charge in [0.2, 0.25) is 5.91 Å². The van der Waals surface area contributed by atoms with Crippen molar-refractivity contribution in [3.63, 3.8) is 0 Å². The highest BCUT2D eigenvalue weighted by Crippen LogP contribution is 2.27. The van der Waals surface area contributed by atoms with Crippen LogP contribution in [0.15, 0.2) is 30.7 Å². The lowest BCUT2D eigenvalue weighted by molar-refractivity contribution is -0.122. The Balaban J connectivity index is 1.72. The van der Waals surface area contributed by atoms with Crippen molar-refractivity contribution in [2.75, 3.05) is 5.32 Å². The summed E-state index contributed by atoms with van der Waals surface area (Å²) in [5.41, 5.74) is 0.749. The Hall–Kier alpha value is -2.17. The van der Waals surface area contributed by atoms with E-state index >= 15 is 0 Å². The Morgan fingerprint density at radius 1 is 1.37 bits per heavy atom. The maximum absolute atomic E-state index is 11.8. The van der Waals surface area contributed by atoms with E-state index in [0.717, 1.165) is 36.6 Å². The first-order valence-electron chi connectivity index (χ1n) is 6.51. The van der Waals surface area contributed by atoms with E-state index in [4.69, 9.17) is 0 Å². The SMILES string of the molecule is Cc1nccn1-c1ccc(NC(=O)C2CCC2)cn1. The van der Waals surface area contributed by atoms with E-state index in [1.54, 1.807) is 12.4 Å². The van der Waals surface area contributed by atoms with Gasteiger partial charge in [-0.3, -0.25) is 9.36 Å². The molecule has 0 aliphatic heterocycles. The third kappa shape index (κ3) is 2.36. The van der Waals surface area contributed by atoms with Gasteiger partial charge in [-0.2, -0.15) is 0 Å². The predicted molar refractivity (Wildman–Crippen MR) is 72.1 cm³/mol. The highest BCUT2D eigenvalue weighted by molar-refractivity contribution is 5.92. The number of nitrogens with zero attached hydrogens (tertiary/aromatic N) is 3. The van der Waals surface area contributed by atoms with Crippen LogP contribution in [-0.4, -0.2) is 20.4 Å². The lowest BCUT2D eigenvalue weighted by Gasteiger charge is -2.23. The van der Waals surface area contributed by atoms with Crippen molar-refractivity contribution in [2.45, 2.75) is 26.2 Å². The summed E-state index contributed by atoms with van der Waals surface area (Å²) in [5, 5.41) is 2.90. The number of nitrogens with one attached hydrogen (secondary N) is 1. The first kappa shape index (κ1) is 11.9. The molecule has 0 radical (unpaired) electrons. The van der Waals surface area contributed by atoms with Crippen molar-refractivity contribution in [3.8, 4) is 5.82 Å². The molecule has 1 aliphatic rings. The number of hydrogen-bond acceptors (Lipinski definition) is 3. The minimum Gasteiger partial charge on any atom is -0.324 e. The van der Waals surface area contributed by atoms with Crippen LogP contribution in [0.2, 0.25) is 0 Å². The lowest BCUT2D eigenvalue weighted by atomic mass is 9.85. The maximum atomic E-state index is 11.8. The van der Waals surface area contributed by atoms with Crippen LogP contribution >= 0.6 is 0 Å². The minimum atomic E-state index is 0.111. The molecule has 0 atom stereocenters. The number of aryl methyl sites for hydroxylation is 1. The second-order valence-electron chi connectivity index (χ2n) is 4.87. The third-order valence-corrected chi connectivity index (χ3v) is 3.56. The predicted octanol–water partition coefficient (Wildman–Crippen LogP) is 2.31. The van der Waals surface area contributed by atoms with Crippen molar-refractivity contribution in [3.05, 3.63) is 36.5 Å². The van der Waals surface area contributed by atoms with Gasteiger partial charge in [-0.15, -0.1) is 0 Å². The van der Waals surface area contributed by atoms with Gasteiger partial charge in [0.15, 0.2) is 0 Å². The van der Waals surface area contributed by atoms with Crippen molar-refractivity contribution < 1.29 is 4.79 Å². The molecule has 1 fully saturated rings. The number of carbonyl (C=O) groups excluding carboxylic acids is 1. The molecular formula is C14H16N4O. The number of carbonyl (C=O) groups is 1. The quantitative estimate of drug-likeness (QED) is 0.916. The molecular weight excluding hydrogens is 240 g/mol. The van der Waals surface area contributed by atoms with Gasteiger partial charge in [-0.05, 0) is 31.9 Å². The third-order valence-electron chi connectivity index (χ3n) is 3.56. The van der Waals surface area contributed by atoms with Crippen molar-refractivity contribution >= 4 is 11.6 Å². The Morgan fingerprint density at radius 3 is 2.74 bits per heavy atom.